The molecular formula is C19H17ClF2O2. The van der Waals surface area contributed by atoms with E-state index in [2.05, 4.69) is 0 Å². The largest absolute Gasteiger partial charge is 0.488 e. The van der Waals surface area contributed by atoms with Gasteiger partial charge in [0.05, 0.1) is 6.42 Å². The number of hydrogen-bond donors (Lipinski definition) is 0. The molecular weight excluding hydrogens is 334 g/mol. The Morgan fingerprint density at radius 3 is 2.71 bits per heavy atom. The van der Waals surface area contributed by atoms with Crippen LogP contribution in [0, 0.1) is 13.8 Å². The van der Waals surface area contributed by atoms with E-state index in [1.54, 1.807) is 18.2 Å². The molecule has 2 nitrogen and oxygen atoms in total. The van der Waals surface area contributed by atoms with Crippen LogP contribution in [0.5, 0.6) is 5.75 Å². The van der Waals surface area contributed by atoms with E-state index >= 15 is 0 Å². The summed E-state index contributed by atoms with van der Waals surface area (Å²) in [5.41, 5.74) is 3.48. The molecule has 2 aromatic carbocycles. The number of fused-ring (bicyclic) bond motifs is 1. The average Bonchev–Trinajstić information content (AvgIpc) is 2.89. The van der Waals surface area contributed by atoms with Crippen LogP contribution >= 0.6 is 11.6 Å². The molecule has 0 aliphatic heterocycles. The number of halogens is 3. The van der Waals surface area contributed by atoms with Crippen LogP contribution in [0.1, 0.15) is 22.5 Å². The van der Waals surface area contributed by atoms with E-state index in [-0.39, 0.29) is 12.4 Å². The fourth-order valence-corrected chi connectivity index (χ4v) is 2.88. The van der Waals surface area contributed by atoms with Gasteiger partial charge in [-0.15, -0.1) is 0 Å². The SMILES string of the molecule is Cc1cccc(OCc2cc(Cl)cc3cc(CC(F)F)oc23)c1C. The molecule has 1 heterocycles. The summed E-state index contributed by atoms with van der Waals surface area (Å²) in [7, 11) is 0. The molecule has 0 aliphatic carbocycles. The first-order chi connectivity index (χ1) is 11.4. The highest BCUT2D eigenvalue weighted by atomic mass is 35.5. The Kier molecular flexibility index (Phi) is 4.76. The Hall–Kier alpha value is -2.07. The number of furan rings is 1. The molecule has 0 fully saturated rings. The minimum absolute atomic E-state index is 0.246. The fourth-order valence-electron chi connectivity index (χ4n) is 2.63. The van der Waals surface area contributed by atoms with Gasteiger partial charge in [-0.2, -0.15) is 0 Å². The third-order valence-corrected chi connectivity index (χ3v) is 4.22. The molecule has 0 atom stereocenters. The van der Waals surface area contributed by atoms with Crippen molar-refractivity contribution in [3.05, 3.63) is 63.9 Å². The summed E-state index contributed by atoms with van der Waals surface area (Å²) < 4.78 is 36.6. The molecule has 0 spiro atoms. The Labute approximate surface area is 144 Å². The summed E-state index contributed by atoms with van der Waals surface area (Å²) >= 11 is 6.13. The van der Waals surface area contributed by atoms with Crippen LogP contribution < -0.4 is 4.74 Å². The van der Waals surface area contributed by atoms with E-state index in [1.807, 2.05) is 32.0 Å². The van der Waals surface area contributed by atoms with Gasteiger partial charge >= 0.3 is 0 Å². The van der Waals surface area contributed by atoms with Crippen LogP contribution in [-0.4, -0.2) is 6.43 Å². The second-order valence-electron chi connectivity index (χ2n) is 5.78. The lowest BCUT2D eigenvalue weighted by atomic mass is 10.1. The second-order valence-corrected chi connectivity index (χ2v) is 6.21. The maximum absolute atomic E-state index is 12.6. The van der Waals surface area contributed by atoms with Crippen molar-refractivity contribution in [3.63, 3.8) is 0 Å². The smallest absolute Gasteiger partial charge is 0.245 e. The lowest BCUT2D eigenvalue weighted by Crippen LogP contribution is -1.98. The van der Waals surface area contributed by atoms with E-state index in [0.717, 1.165) is 22.4 Å². The summed E-state index contributed by atoms with van der Waals surface area (Å²) in [4.78, 5) is 0. The van der Waals surface area contributed by atoms with E-state index < -0.39 is 12.8 Å². The standard InChI is InChI=1S/C19H17ClF2O2/c1-11-4-3-5-17(12(11)2)23-10-14-7-15(20)6-13-8-16(9-18(21)22)24-19(13)14/h3-8,18H,9-10H2,1-2H3. The number of rotatable bonds is 5. The number of ether oxygens (including phenoxy) is 1. The first-order valence-electron chi connectivity index (χ1n) is 7.62. The highest BCUT2D eigenvalue weighted by molar-refractivity contribution is 6.31. The molecule has 0 aliphatic rings. The predicted octanol–water partition coefficient (Wildman–Crippen LogP) is 6.09. The highest BCUT2D eigenvalue weighted by Gasteiger charge is 2.14. The van der Waals surface area contributed by atoms with Gasteiger partial charge in [0.1, 0.15) is 23.7 Å². The number of aryl methyl sites for hydroxylation is 1. The third kappa shape index (κ3) is 3.54. The summed E-state index contributed by atoms with van der Waals surface area (Å²) in [6.45, 7) is 4.26. The maximum atomic E-state index is 12.6. The third-order valence-electron chi connectivity index (χ3n) is 4.00. The molecule has 0 saturated heterocycles. The predicted molar refractivity (Wildman–Crippen MR) is 91.2 cm³/mol. The van der Waals surface area contributed by atoms with Crippen LogP contribution in [0.3, 0.4) is 0 Å². The van der Waals surface area contributed by atoms with E-state index in [0.29, 0.717) is 16.0 Å². The van der Waals surface area contributed by atoms with Crippen molar-refractivity contribution < 1.29 is 17.9 Å². The first-order valence-corrected chi connectivity index (χ1v) is 8.00. The average molecular weight is 351 g/mol. The van der Waals surface area contributed by atoms with Gasteiger partial charge in [0.25, 0.3) is 0 Å². The van der Waals surface area contributed by atoms with Crippen molar-refractivity contribution in [2.24, 2.45) is 0 Å². The minimum Gasteiger partial charge on any atom is -0.488 e. The molecule has 24 heavy (non-hydrogen) atoms. The number of alkyl halides is 2. The van der Waals surface area contributed by atoms with Crippen LogP contribution in [0.15, 0.2) is 40.8 Å². The monoisotopic (exact) mass is 350 g/mol. The van der Waals surface area contributed by atoms with Crippen LogP contribution in [-0.2, 0) is 13.0 Å². The van der Waals surface area contributed by atoms with Gasteiger partial charge in [0.15, 0.2) is 0 Å². The van der Waals surface area contributed by atoms with E-state index in [9.17, 15) is 8.78 Å². The molecule has 0 amide bonds. The Bertz CT molecular complexity index is 871. The molecule has 5 heteroatoms. The zero-order valence-corrected chi connectivity index (χ0v) is 14.2. The molecule has 1 aromatic heterocycles. The Balaban J connectivity index is 1.90. The zero-order chi connectivity index (χ0) is 17.3. The van der Waals surface area contributed by atoms with Gasteiger partial charge in [0, 0.05) is 16.0 Å². The van der Waals surface area contributed by atoms with Gasteiger partial charge in [-0.3, -0.25) is 0 Å². The van der Waals surface area contributed by atoms with Crippen molar-refractivity contribution in [2.75, 3.05) is 0 Å². The first kappa shape index (κ1) is 16.8. The van der Waals surface area contributed by atoms with Crippen molar-refractivity contribution in [1.82, 2.24) is 0 Å². The van der Waals surface area contributed by atoms with Crippen molar-refractivity contribution in [1.29, 1.82) is 0 Å². The molecule has 0 saturated carbocycles. The quantitative estimate of drug-likeness (QED) is 0.555. The normalized spacial score (nSPS) is 11.4. The lowest BCUT2D eigenvalue weighted by molar-refractivity contribution is 0.142. The van der Waals surface area contributed by atoms with E-state index in [1.165, 1.54) is 0 Å². The van der Waals surface area contributed by atoms with Gasteiger partial charge in [-0.05, 0) is 49.2 Å². The molecule has 3 rings (SSSR count). The van der Waals surface area contributed by atoms with Gasteiger partial charge in [0.2, 0.25) is 6.43 Å². The zero-order valence-electron chi connectivity index (χ0n) is 13.4. The van der Waals surface area contributed by atoms with Crippen LogP contribution in [0.4, 0.5) is 8.78 Å². The molecule has 126 valence electrons. The second kappa shape index (κ2) is 6.81. The van der Waals surface area contributed by atoms with E-state index in [4.69, 9.17) is 20.8 Å². The van der Waals surface area contributed by atoms with Crippen molar-refractivity contribution >= 4 is 22.6 Å². The topological polar surface area (TPSA) is 22.4 Å². The molecule has 0 radical (unpaired) electrons. The summed E-state index contributed by atoms with van der Waals surface area (Å²) in [5, 5.41) is 1.23. The maximum Gasteiger partial charge on any atom is 0.245 e. The molecule has 0 N–H and O–H groups in total. The van der Waals surface area contributed by atoms with Gasteiger partial charge in [-0.25, -0.2) is 8.78 Å². The van der Waals surface area contributed by atoms with Crippen LogP contribution in [0.25, 0.3) is 11.0 Å². The molecule has 0 unspecified atom stereocenters. The van der Waals surface area contributed by atoms with Gasteiger partial charge < -0.3 is 9.15 Å². The van der Waals surface area contributed by atoms with Crippen molar-refractivity contribution in [3.8, 4) is 5.75 Å². The summed E-state index contributed by atoms with van der Waals surface area (Å²) in [5.74, 6) is 1.03. The Morgan fingerprint density at radius 1 is 1.17 bits per heavy atom. The number of benzene rings is 2. The molecule has 0 bridgehead atoms. The fraction of sp³-hybridized carbons (Fsp3) is 0.263. The minimum atomic E-state index is -2.45. The summed E-state index contributed by atoms with van der Waals surface area (Å²) in [6.07, 6.45) is -2.86. The summed E-state index contributed by atoms with van der Waals surface area (Å²) in [6, 6.07) is 10.9. The van der Waals surface area contributed by atoms with Gasteiger partial charge in [-0.1, -0.05) is 23.7 Å². The van der Waals surface area contributed by atoms with Crippen molar-refractivity contribution in [2.45, 2.75) is 33.3 Å². The Morgan fingerprint density at radius 2 is 1.96 bits per heavy atom. The lowest BCUT2D eigenvalue weighted by Gasteiger charge is -2.11. The van der Waals surface area contributed by atoms with Crippen LogP contribution in [0.2, 0.25) is 5.02 Å². The molecule has 3 aromatic rings. The highest BCUT2D eigenvalue weighted by Crippen LogP contribution is 2.30. The number of hydrogen-bond acceptors (Lipinski definition) is 2.